The maximum atomic E-state index is 13.3. The molecule has 2 aliphatic rings. The summed E-state index contributed by atoms with van der Waals surface area (Å²) >= 11 is 6.75. The van der Waals surface area contributed by atoms with Gasteiger partial charge in [0.15, 0.2) is 15.8 Å². The smallest absolute Gasteiger partial charge is 0.259 e. The zero-order valence-corrected chi connectivity index (χ0v) is 23.2. The summed E-state index contributed by atoms with van der Waals surface area (Å²) in [5.41, 5.74) is 6.08. The number of amides is 2. The first kappa shape index (κ1) is 27.9. The van der Waals surface area contributed by atoms with Crippen molar-refractivity contribution in [1.82, 2.24) is 4.90 Å². The number of benzene rings is 2. The van der Waals surface area contributed by atoms with E-state index in [9.17, 15) is 18.0 Å². The van der Waals surface area contributed by atoms with Crippen molar-refractivity contribution >= 4 is 44.9 Å². The monoisotopic (exact) mass is 562 g/mol. The SMILES string of the molecule is COc1ccc(S(C)(=O)=O)cc1C(=O)Nc1cccc([C@]2(C)CC(=O)N([C@@H]3CCO[C@H](C)C3)C(N)=N2)c1Cl. The van der Waals surface area contributed by atoms with Gasteiger partial charge in [0.1, 0.15) is 5.75 Å². The number of hydrogen-bond donors (Lipinski definition) is 2. The summed E-state index contributed by atoms with van der Waals surface area (Å²) in [4.78, 5) is 32.7. The number of nitrogens with one attached hydrogen (secondary N) is 1. The highest BCUT2D eigenvalue weighted by molar-refractivity contribution is 7.90. The van der Waals surface area contributed by atoms with E-state index in [0.717, 1.165) is 6.26 Å². The molecule has 0 saturated carbocycles. The van der Waals surface area contributed by atoms with Crippen LogP contribution in [0.2, 0.25) is 5.02 Å². The molecule has 204 valence electrons. The standard InChI is InChI=1S/C26H31ClN4O6S/c1-15-12-16(10-11-37-15)31-22(32)14-26(2,30-25(31)28)19-6-5-7-20(23(19)27)29-24(33)18-13-17(38(4,34)35)8-9-21(18)36-3/h5-9,13,15-16H,10-12,14H2,1-4H3,(H2,28,30)(H,29,33)/t15-,16-,26+/m1/s1. The van der Waals surface area contributed by atoms with Crippen LogP contribution in [0.5, 0.6) is 5.75 Å². The van der Waals surface area contributed by atoms with Gasteiger partial charge in [-0.25, -0.2) is 13.4 Å². The van der Waals surface area contributed by atoms with E-state index in [1.165, 1.54) is 25.3 Å². The zero-order chi connectivity index (χ0) is 27.8. The first-order valence-corrected chi connectivity index (χ1v) is 14.4. The summed E-state index contributed by atoms with van der Waals surface area (Å²) < 4.78 is 34.9. The summed E-state index contributed by atoms with van der Waals surface area (Å²) in [6, 6.07) is 8.98. The van der Waals surface area contributed by atoms with Gasteiger partial charge in [-0.3, -0.25) is 14.5 Å². The molecule has 3 atom stereocenters. The van der Waals surface area contributed by atoms with Crippen LogP contribution in [-0.4, -0.2) is 63.2 Å². The third kappa shape index (κ3) is 5.50. The molecule has 2 aromatic carbocycles. The number of carbonyl (C=O) groups is 2. The van der Waals surface area contributed by atoms with Crippen molar-refractivity contribution in [2.24, 2.45) is 10.7 Å². The number of methoxy groups -OCH3 is 1. The van der Waals surface area contributed by atoms with E-state index in [0.29, 0.717) is 25.0 Å². The van der Waals surface area contributed by atoms with E-state index in [-0.39, 0.29) is 57.4 Å². The Bertz CT molecular complexity index is 1410. The van der Waals surface area contributed by atoms with E-state index in [4.69, 9.17) is 31.8 Å². The lowest BCUT2D eigenvalue weighted by Gasteiger charge is -2.41. The number of guanidine groups is 1. The van der Waals surface area contributed by atoms with Gasteiger partial charge < -0.3 is 20.5 Å². The topological polar surface area (TPSA) is 140 Å². The Balaban J connectivity index is 1.64. The summed E-state index contributed by atoms with van der Waals surface area (Å²) in [7, 11) is -2.17. The molecule has 0 radical (unpaired) electrons. The summed E-state index contributed by atoms with van der Waals surface area (Å²) in [5, 5.41) is 2.92. The minimum Gasteiger partial charge on any atom is -0.496 e. The van der Waals surface area contributed by atoms with E-state index >= 15 is 0 Å². The van der Waals surface area contributed by atoms with Crippen LogP contribution in [0.3, 0.4) is 0 Å². The summed E-state index contributed by atoms with van der Waals surface area (Å²) in [6.45, 7) is 4.28. The predicted octanol–water partition coefficient (Wildman–Crippen LogP) is 3.33. The van der Waals surface area contributed by atoms with Crippen molar-refractivity contribution in [3.8, 4) is 5.75 Å². The molecule has 1 fully saturated rings. The van der Waals surface area contributed by atoms with Gasteiger partial charge in [0.05, 0.1) is 46.3 Å². The lowest BCUT2D eigenvalue weighted by Crippen LogP contribution is -2.56. The molecular weight excluding hydrogens is 532 g/mol. The predicted molar refractivity (Wildman–Crippen MR) is 144 cm³/mol. The number of nitrogens with zero attached hydrogens (tertiary/aromatic N) is 2. The Kier molecular flexibility index (Phi) is 7.74. The molecule has 0 bridgehead atoms. The molecule has 2 aromatic rings. The number of ether oxygens (including phenoxy) is 2. The number of aliphatic imine (C=N–C) groups is 1. The van der Waals surface area contributed by atoms with Crippen LogP contribution in [0, 0.1) is 0 Å². The number of rotatable bonds is 6. The van der Waals surface area contributed by atoms with Gasteiger partial charge >= 0.3 is 0 Å². The molecule has 0 unspecified atom stereocenters. The highest BCUT2D eigenvalue weighted by atomic mass is 35.5. The molecule has 4 rings (SSSR count). The molecule has 12 heteroatoms. The van der Waals surface area contributed by atoms with Gasteiger partial charge in [-0.2, -0.15) is 0 Å². The Morgan fingerprint density at radius 3 is 2.68 bits per heavy atom. The normalized spacial score (nSPS) is 24.1. The number of hydrogen-bond acceptors (Lipinski definition) is 8. The van der Waals surface area contributed by atoms with Crippen LogP contribution in [0.4, 0.5) is 5.69 Å². The highest BCUT2D eigenvalue weighted by Crippen LogP contribution is 2.41. The van der Waals surface area contributed by atoms with Crippen LogP contribution >= 0.6 is 11.6 Å². The average Bonchev–Trinajstić information content (AvgIpc) is 2.83. The third-order valence-corrected chi connectivity index (χ3v) is 8.38. The molecule has 10 nitrogen and oxygen atoms in total. The van der Waals surface area contributed by atoms with Crippen LogP contribution in [0.25, 0.3) is 0 Å². The van der Waals surface area contributed by atoms with Crippen LogP contribution in [-0.2, 0) is 24.9 Å². The fourth-order valence-electron chi connectivity index (χ4n) is 4.94. The number of sulfone groups is 1. The number of anilines is 1. The third-order valence-electron chi connectivity index (χ3n) is 6.87. The van der Waals surface area contributed by atoms with Gasteiger partial charge in [-0.05, 0) is 51.0 Å². The second-order valence-corrected chi connectivity index (χ2v) is 12.2. The molecule has 1 saturated heterocycles. The average molecular weight is 563 g/mol. The molecule has 0 aromatic heterocycles. The lowest BCUT2D eigenvalue weighted by atomic mass is 9.86. The second-order valence-electron chi connectivity index (χ2n) is 9.80. The van der Waals surface area contributed by atoms with E-state index in [2.05, 4.69) is 5.32 Å². The van der Waals surface area contributed by atoms with Crippen LogP contribution in [0.15, 0.2) is 46.3 Å². The van der Waals surface area contributed by atoms with Crippen LogP contribution < -0.4 is 15.8 Å². The first-order valence-electron chi connectivity index (χ1n) is 12.1. The quantitative estimate of drug-likeness (QED) is 0.550. The minimum atomic E-state index is -3.55. The Hall–Kier alpha value is -3.15. The minimum absolute atomic E-state index is 0.0224. The number of nitrogens with two attached hydrogens (primary N) is 1. The van der Waals surface area contributed by atoms with Crippen LogP contribution in [0.1, 0.15) is 49.0 Å². The van der Waals surface area contributed by atoms with E-state index in [1.807, 2.05) is 6.92 Å². The molecule has 2 aliphatic heterocycles. The van der Waals surface area contributed by atoms with Gasteiger partial charge in [0, 0.05) is 24.5 Å². The Labute approximate surface area is 227 Å². The molecule has 0 spiro atoms. The highest BCUT2D eigenvalue weighted by Gasteiger charge is 2.42. The van der Waals surface area contributed by atoms with E-state index in [1.54, 1.807) is 30.0 Å². The zero-order valence-electron chi connectivity index (χ0n) is 21.7. The van der Waals surface area contributed by atoms with Crippen molar-refractivity contribution in [2.45, 2.75) is 55.7 Å². The maximum absolute atomic E-state index is 13.3. The molecule has 2 amide bonds. The largest absolute Gasteiger partial charge is 0.496 e. The van der Waals surface area contributed by atoms with Gasteiger partial charge in [0.2, 0.25) is 5.91 Å². The van der Waals surface area contributed by atoms with Gasteiger partial charge in [0.25, 0.3) is 5.91 Å². The number of halogens is 1. The summed E-state index contributed by atoms with van der Waals surface area (Å²) in [5.74, 6) is -0.450. The lowest BCUT2D eigenvalue weighted by molar-refractivity contribution is -0.133. The van der Waals surface area contributed by atoms with Gasteiger partial charge in [-0.1, -0.05) is 23.7 Å². The number of carbonyl (C=O) groups excluding carboxylic acids is 2. The van der Waals surface area contributed by atoms with Crippen molar-refractivity contribution in [3.63, 3.8) is 0 Å². The van der Waals surface area contributed by atoms with Gasteiger partial charge in [-0.15, -0.1) is 0 Å². The maximum Gasteiger partial charge on any atom is 0.259 e. The van der Waals surface area contributed by atoms with Crippen molar-refractivity contribution in [1.29, 1.82) is 0 Å². The Morgan fingerprint density at radius 1 is 1.32 bits per heavy atom. The fraction of sp³-hybridized carbons (Fsp3) is 0.423. The molecule has 0 aliphatic carbocycles. The van der Waals surface area contributed by atoms with E-state index < -0.39 is 21.3 Å². The van der Waals surface area contributed by atoms with Crippen molar-refractivity contribution < 1.29 is 27.5 Å². The first-order chi connectivity index (χ1) is 17.8. The molecule has 3 N–H and O–H groups in total. The molecule has 2 heterocycles. The van der Waals surface area contributed by atoms with Crippen molar-refractivity contribution in [2.75, 3.05) is 25.3 Å². The van der Waals surface area contributed by atoms with Crippen molar-refractivity contribution in [3.05, 3.63) is 52.5 Å². The molecular formula is C26H31ClN4O6S. The molecule has 38 heavy (non-hydrogen) atoms. The summed E-state index contributed by atoms with van der Waals surface area (Å²) in [6.07, 6.45) is 2.47. The second kappa shape index (κ2) is 10.5. The Morgan fingerprint density at radius 2 is 2.05 bits per heavy atom. The fourth-order valence-corrected chi connectivity index (χ4v) is 5.96.